The van der Waals surface area contributed by atoms with Gasteiger partial charge < -0.3 is 5.32 Å². The van der Waals surface area contributed by atoms with Gasteiger partial charge in [0, 0.05) is 35.9 Å². The van der Waals surface area contributed by atoms with Gasteiger partial charge >= 0.3 is 0 Å². The topological polar surface area (TPSA) is 84.0 Å². The summed E-state index contributed by atoms with van der Waals surface area (Å²) in [5, 5.41) is 6.28. The molecule has 0 unspecified atom stereocenters. The molecule has 0 amide bonds. The highest BCUT2D eigenvalue weighted by Crippen LogP contribution is 2.28. The zero-order chi connectivity index (χ0) is 21.0. The number of halogens is 1. The number of pyridine rings is 1. The number of hydrogen-bond acceptors (Lipinski definition) is 6. The van der Waals surface area contributed by atoms with Crippen LogP contribution in [0, 0.1) is 11.7 Å². The number of nitrogens with one attached hydrogen (secondary N) is 2. The van der Waals surface area contributed by atoms with Crippen molar-refractivity contribution in [2.24, 2.45) is 5.92 Å². The molecule has 0 atom stereocenters. The van der Waals surface area contributed by atoms with Gasteiger partial charge in [-0.1, -0.05) is 12.1 Å². The van der Waals surface area contributed by atoms with Crippen LogP contribution < -0.4 is 10.0 Å². The van der Waals surface area contributed by atoms with E-state index in [1.807, 2.05) is 17.5 Å². The first-order valence-corrected chi connectivity index (χ1v) is 12.2. The Morgan fingerprint density at radius 2 is 1.90 bits per heavy atom. The Hall–Kier alpha value is -2.36. The molecule has 1 aliphatic rings. The second kappa shape index (κ2) is 9.20. The minimum atomic E-state index is -3.84. The van der Waals surface area contributed by atoms with Gasteiger partial charge in [0.15, 0.2) is 5.13 Å². The Morgan fingerprint density at radius 1 is 1.10 bits per heavy atom. The van der Waals surface area contributed by atoms with Crippen molar-refractivity contribution >= 4 is 26.5 Å². The maximum Gasteiger partial charge on any atom is 0.243 e. The Balaban J connectivity index is 1.26. The van der Waals surface area contributed by atoms with E-state index in [-0.39, 0.29) is 10.9 Å². The van der Waals surface area contributed by atoms with Crippen LogP contribution in [0.5, 0.6) is 0 Å². The van der Waals surface area contributed by atoms with E-state index in [0.717, 1.165) is 54.7 Å². The zero-order valence-electron chi connectivity index (χ0n) is 16.3. The molecule has 0 saturated heterocycles. The van der Waals surface area contributed by atoms with Gasteiger partial charge in [0.1, 0.15) is 10.7 Å². The van der Waals surface area contributed by atoms with E-state index in [1.165, 1.54) is 18.2 Å². The van der Waals surface area contributed by atoms with Crippen molar-refractivity contribution in [1.82, 2.24) is 14.7 Å². The van der Waals surface area contributed by atoms with E-state index in [2.05, 4.69) is 20.0 Å². The van der Waals surface area contributed by atoms with Crippen molar-refractivity contribution in [3.63, 3.8) is 0 Å². The van der Waals surface area contributed by atoms with Gasteiger partial charge in [-0.2, -0.15) is 0 Å². The van der Waals surface area contributed by atoms with Gasteiger partial charge in [0.2, 0.25) is 10.0 Å². The van der Waals surface area contributed by atoms with Crippen LogP contribution in [0.1, 0.15) is 25.7 Å². The van der Waals surface area contributed by atoms with Crippen LogP contribution in [0.15, 0.2) is 59.1 Å². The molecule has 2 N–H and O–H groups in total. The first-order valence-electron chi connectivity index (χ1n) is 9.88. The van der Waals surface area contributed by atoms with Gasteiger partial charge in [0.05, 0.1) is 5.69 Å². The standard InChI is InChI=1S/C21H23FN4O2S2/c22-18-5-1-2-6-20(18)30(27,28)26-17-9-7-15(8-10-17)12-24-21-25-19(14-29-21)16-4-3-11-23-13-16/h1-6,11,13-15,17,26H,7-10,12H2,(H,24,25)/t15-,17-. The maximum absolute atomic E-state index is 13.8. The highest BCUT2D eigenvalue weighted by atomic mass is 32.2. The van der Waals surface area contributed by atoms with Crippen LogP contribution >= 0.6 is 11.3 Å². The molecular formula is C21H23FN4O2S2. The van der Waals surface area contributed by atoms with Crippen LogP contribution in [0.3, 0.4) is 0 Å². The van der Waals surface area contributed by atoms with Gasteiger partial charge in [-0.05, 0) is 55.9 Å². The average molecular weight is 447 g/mol. The number of sulfonamides is 1. The molecule has 1 fully saturated rings. The Kier molecular flexibility index (Phi) is 6.40. The van der Waals surface area contributed by atoms with Gasteiger partial charge in [-0.15, -0.1) is 11.3 Å². The largest absolute Gasteiger partial charge is 0.361 e. The molecule has 9 heteroatoms. The molecule has 0 radical (unpaired) electrons. The highest BCUT2D eigenvalue weighted by molar-refractivity contribution is 7.89. The normalized spacial score (nSPS) is 19.5. The van der Waals surface area contributed by atoms with Crippen LogP contribution in [0.25, 0.3) is 11.3 Å². The molecule has 0 spiro atoms. The number of aromatic nitrogens is 2. The summed E-state index contributed by atoms with van der Waals surface area (Å²) >= 11 is 1.56. The number of anilines is 1. The van der Waals surface area contributed by atoms with Crippen LogP contribution in [-0.4, -0.2) is 31.0 Å². The molecule has 158 valence electrons. The molecular weight excluding hydrogens is 423 g/mol. The fraction of sp³-hybridized carbons (Fsp3) is 0.333. The van der Waals surface area contributed by atoms with Crippen molar-refractivity contribution in [2.75, 3.05) is 11.9 Å². The minimum absolute atomic E-state index is 0.164. The number of rotatable bonds is 7. The van der Waals surface area contributed by atoms with Gasteiger partial charge in [-0.25, -0.2) is 22.5 Å². The van der Waals surface area contributed by atoms with Crippen LogP contribution in [-0.2, 0) is 10.0 Å². The second-order valence-corrected chi connectivity index (χ2v) is 9.97. The highest BCUT2D eigenvalue weighted by Gasteiger charge is 2.27. The average Bonchev–Trinajstić information content (AvgIpc) is 3.23. The lowest BCUT2D eigenvalue weighted by Crippen LogP contribution is -2.38. The summed E-state index contributed by atoms with van der Waals surface area (Å²) in [4.78, 5) is 8.44. The van der Waals surface area contributed by atoms with Crippen molar-refractivity contribution in [1.29, 1.82) is 0 Å². The lowest BCUT2D eigenvalue weighted by Gasteiger charge is -2.29. The number of nitrogens with zero attached hydrogens (tertiary/aromatic N) is 2. The monoisotopic (exact) mass is 446 g/mol. The number of thiazole rings is 1. The predicted octanol–water partition coefficient (Wildman–Crippen LogP) is 4.29. The molecule has 1 aliphatic carbocycles. The molecule has 4 rings (SSSR count). The Morgan fingerprint density at radius 3 is 2.63 bits per heavy atom. The van der Waals surface area contributed by atoms with Crippen molar-refractivity contribution in [3.05, 3.63) is 60.0 Å². The maximum atomic E-state index is 13.8. The molecule has 6 nitrogen and oxygen atoms in total. The summed E-state index contributed by atoms with van der Waals surface area (Å²) in [6.45, 7) is 0.798. The molecule has 0 aliphatic heterocycles. The van der Waals surface area contributed by atoms with E-state index < -0.39 is 15.8 Å². The molecule has 2 heterocycles. The van der Waals surface area contributed by atoms with E-state index in [9.17, 15) is 12.8 Å². The molecule has 2 aromatic heterocycles. The van der Waals surface area contributed by atoms with E-state index in [4.69, 9.17) is 0 Å². The Bertz CT molecular complexity index is 1080. The van der Waals surface area contributed by atoms with Gasteiger partial charge in [-0.3, -0.25) is 4.98 Å². The third-order valence-electron chi connectivity index (χ3n) is 5.30. The summed E-state index contributed by atoms with van der Waals surface area (Å²) in [5.74, 6) is -0.276. The summed E-state index contributed by atoms with van der Waals surface area (Å²) in [6, 6.07) is 9.17. The molecule has 30 heavy (non-hydrogen) atoms. The van der Waals surface area contributed by atoms with Crippen molar-refractivity contribution < 1.29 is 12.8 Å². The summed E-state index contributed by atoms with van der Waals surface area (Å²) in [7, 11) is -3.84. The molecule has 0 bridgehead atoms. The quantitative estimate of drug-likeness (QED) is 0.566. The minimum Gasteiger partial charge on any atom is -0.361 e. The van der Waals surface area contributed by atoms with E-state index in [1.54, 1.807) is 23.7 Å². The lowest BCUT2D eigenvalue weighted by atomic mass is 9.86. The lowest BCUT2D eigenvalue weighted by molar-refractivity contribution is 0.324. The predicted molar refractivity (Wildman–Crippen MR) is 116 cm³/mol. The van der Waals surface area contributed by atoms with Gasteiger partial charge in [0.25, 0.3) is 0 Å². The third kappa shape index (κ3) is 5.03. The summed E-state index contributed by atoms with van der Waals surface area (Å²) < 4.78 is 41.4. The number of hydrogen-bond donors (Lipinski definition) is 2. The van der Waals surface area contributed by atoms with Crippen molar-refractivity contribution in [3.8, 4) is 11.3 Å². The molecule has 1 saturated carbocycles. The van der Waals surface area contributed by atoms with Crippen LogP contribution in [0.4, 0.5) is 9.52 Å². The molecule has 1 aromatic carbocycles. The third-order valence-corrected chi connectivity index (χ3v) is 7.65. The number of benzene rings is 1. The van der Waals surface area contributed by atoms with E-state index >= 15 is 0 Å². The zero-order valence-corrected chi connectivity index (χ0v) is 17.9. The van der Waals surface area contributed by atoms with E-state index in [0.29, 0.717) is 5.92 Å². The fourth-order valence-corrected chi connectivity index (χ4v) is 5.78. The SMILES string of the molecule is O=S(=O)(N[C@H]1CC[C@H](CNc2nc(-c3cccnc3)cs2)CC1)c1ccccc1F. The Labute approximate surface area is 179 Å². The fourth-order valence-electron chi connectivity index (χ4n) is 3.66. The second-order valence-electron chi connectivity index (χ2n) is 7.43. The van der Waals surface area contributed by atoms with Crippen molar-refractivity contribution in [2.45, 2.75) is 36.6 Å². The summed E-state index contributed by atoms with van der Waals surface area (Å²) in [6.07, 6.45) is 6.80. The molecule has 3 aromatic rings. The van der Waals surface area contributed by atoms with Crippen LogP contribution in [0.2, 0.25) is 0 Å². The smallest absolute Gasteiger partial charge is 0.243 e. The first kappa shape index (κ1) is 20.9. The first-order chi connectivity index (χ1) is 14.5. The summed E-state index contributed by atoms with van der Waals surface area (Å²) in [5.41, 5.74) is 1.89.